The molecule has 0 saturated carbocycles. The highest BCUT2D eigenvalue weighted by molar-refractivity contribution is 8.14. The van der Waals surface area contributed by atoms with Gasteiger partial charge < -0.3 is 5.32 Å². The second-order valence-corrected chi connectivity index (χ2v) is 6.83. The van der Waals surface area contributed by atoms with Crippen LogP contribution in [0, 0.1) is 0 Å². The third-order valence-corrected chi connectivity index (χ3v) is 4.60. The number of benzene rings is 2. The van der Waals surface area contributed by atoms with Crippen LogP contribution in [-0.4, -0.2) is 27.9 Å². The predicted octanol–water partition coefficient (Wildman–Crippen LogP) is 4.21. The van der Waals surface area contributed by atoms with E-state index < -0.39 is 0 Å². The van der Waals surface area contributed by atoms with Crippen LogP contribution in [0.5, 0.6) is 0 Å². The summed E-state index contributed by atoms with van der Waals surface area (Å²) >= 11 is 1.65. The zero-order valence-corrected chi connectivity index (χ0v) is 13.8. The lowest BCUT2D eigenvalue weighted by molar-refractivity contribution is 0.235. The van der Waals surface area contributed by atoms with Crippen LogP contribution in [0.15, 0.2) is 65.7 Å². The van der Waals surface area contributed by atoms with Crippen molar-refractivity contribution in [2.45, 2.75) is 18.7 Å². The SMILES string of the molecule is C[C@H]1CN(C(=O)Nc2ccccc2)C(=NCc2ccccc2)S1. The number of hydrogen-bond donors (Lipinski definition) is 1. The van der Waals surface area contributed by atoms with E-state index in [9.17, 15) is 4.79 Å². The number of rotatable bonds is 3. The molecule has 0 radical (unpaired) electrons. The van der Waals surface area contributed by atoms with E-state index in [2.05, 4.69) is 17.2 Å². The maximum Gasteiger partial charge on any atom is 0.327 e. The number of anilines is 1. The zero-order chi connectivity index (χ0) is 16.1. The summed E-state index contributed by atoms with van der Waals surface area (Å²) in [7, 11) is 0. The highest BCUT2D eigenvalue weighted by Gasteiger charge is 2.30. The monoisotopic (exact) mass is 325 g/mol. The minimum atomic E-state index is -0.125. The van der Waals surface area contributed by atoms with Gasteiger partial charge in [0.1, 0.15) is 0 Å². The van der Waals surface area contributed by atoms with Crippen LogP contribution in [0.1, 0.15) is 12.5 Å². The van der Waals surface area contributed by atoms with Gasteiger partial charge in [-0.3, -0.25) is 9.89 Å². The Morgan fingerprint density at radius 2 is 1.83 bits per heavy atom. The van der Waals surface area contributed by atoms with Crippen LogP contribution in [0.2, 0.25) is 0 Å². The summed E-state index contributed by atoms with van der Waals surface area (Å²) in [4.78, 5) is 18.9. The molecule has 1 fully saturated rings. The van der Waals surface area contributed by atoms with Gasteiger partial charge >= 0.3 is 6.03 Å². The molecule has 4 nitrogen and oxygen atoms in total. The fourth-order valence-corrected chi connectivity index (χ4v) is 3.37. The molecule has 1 N–H and O–H groups in total. The molecule has 0 aromatic heterocycles. The van der Waals surface area contributed by atoms with E-state index in [1.807, 2.05) is 60.7 Å². The number of nitrogens with zero attached hydrogens (tertiary/aromatic N) is 2. The van der Waals surface area contributed by atoms with E-state index >= 15 is 0 Å². The number of aliphatic imine (C=N–C) groups is 1. The van der Waals surface area contributed by atoms with Crippen molar-refractivity contribution >= 4 is 28.6 Å². The number of urea groups is 1. The topological polar surface area (TPSA) is 44.7 Å². The molecule has 5 heteroatoms. The third kappa shape index (κ3) is 4.13. The van der Waals surface area contributed by atoms with Crippen LogP contribution in [-0.2, 0) is 6.54 Å². The average Bonchev–Trinajstić information content (AvgIpc) is 2.96. The van der Waals surface area contributed by atoms with Crippen molar-refractivity contribution in [1.29, 1.82) is 0 Å². The number of nitrogens with one attached hydrogen (secondary N) is 1. The summed E-state index contributed by atoms with van der Waals surface area (Å²) < 4.78 is 0. The first-order valence-electron chi connectivity index (χ1n) is 7.61. The Hall–Kier alpha value is -2.27. The normalized spacial score (nSPS) is 19.1. The molecular weight excluding hydrogens is 306 g/mol. The Morgan fingerprint density at radius 1 is 1.17 bits per heavy atom. The quantitative estimate of drug-likeness (QED) is 0.918. The van der Waals surface area contributed by atoms with E-state index in [0.717, 1.165) is 16.4 Å². The number of hydrogen-bond acceptors (Lipinski definition) is 3. The van der Waals surface area contributed by atoms with Gasteiger partial charge in [-0.05, 0) is 17.7 Å². The molecule has 1 heterocycles. The van der Waals surface area contributed by atoms with Crippen molar-refractivity contribution in [3.8, 4) is 0 Å². The molecule has 0 spiro atoms. The van der Waals surface area contributed by atoms with Gasteiger partial charge in [-0.1, -0.05) is 67.2 Å². The molecule has 118 valence electrons. The summed E-state index contributed by atoms with van der Waals surface area (Å²) in [6, 6.07) is 19.4. The molecule has 1 aliphatic heterocycles. The van der Waals surface area contributed by atoms with Gasteiger partial charge in [-0.2, -0.15) is 0 Å². The Balaban J connectivity index is 1.70. The van der Waals surface area contributed by atoms with Crippen molar-refractivity contribution in [1.82, 2.24) is 4.90 Å². The van der Waals surface area contributed by atoms with Gasteiger partial charge in [0.15, 0.2) is 5.17 Å². The lowest BCUT2D eigenvalue weighted by atomic mass is 10.2. The van der Waals surface area contributed by atoms with Gasteiger partial charge in [0.25, 0.3) is 0 Å². The van der Waals surface area contributed by atoms with Gasteiger partial charge in [-0.15, -0.1) is 0 Å². The molecule has 0 bridgehead atoms. The fraction of sp³-hybridized carbons (Fsp3) is 0.222. The van der Waals surface area contributed by atoms with Crippen molar-refractivity contribution in [2.24, 2.45) is 4.99 Å². The third-order valence-electron chi connectivity index (χ3n) is 3.49. The number of carbonyl (C=O) groups excluding carboxylic acids is 1. The molecule has 1 atom stereocenters. The molecule has 2 aromatic carbocycles. The van der Waals surface area contributed by atoms with Gasteiger partial charge in [-0.25, -0.2) is 4.79 Å². The Bertz CT molecular complexity index is 688. The molecular formula is C18H19N3OS. The van der Waals surface area contributed by atoms with E-state index in [1.54, 1.807) is 16.7 Å². The average molecular weight is 325 g/mol. The maximum atomic E-state index is 12.5. The highest BCUT2D eigenvalue weighted by Crippen LogP contribution is 2.26. The number of amidine groups is 1. The molecule has 1 saturated heterocycles. The van der Waals surface area contributed by atoms with Crippen LogP contribution in [0.3, 0.4) is 0 Å². The zero-order valence-electron chi connectivity index (χ0n) is 13.0. The smallest absolute Gasteiger partial charge is 0.307 e. The summed E-state index contributed by atoms with van der Waals surface area (Å²) in [5.74, 6) is 0. The summed E-state index contributed by atoms with van der Waals surface area (Å²) in [6.45, 7) is 3.38. The Labute approximate surface area is 140 Å². The molecule has 2 amide bonds. The highest BCUT2D eigenvalue weighted by atomic mass is 32.2. The molecule has 23 heavy (non-hydrogen) atoms. The first-order chi connectivity index (χ1) is 11.2. The number of thioether (sulfide) groups is 1. The van der Waals surface area contributed by atoms with E-state index in [1.165, 1.54) is 0 Å². The fourth-order valence-electron chi connectivity index (χ4n) is 2.36. The molecule has 3 rings (SSSR count). The Kier molecular flexibility index (Phi) is 4.98. The molecule has 0 unspecified atom stereocenters. The predicted molar refractivity (Wildman–Crippen MR) is 96.8 cm³/mol. The van der Waals surface area contributed by atoms with E-state index in [-0.39, 0.29) is 6.03 Å². The Morgan fingerprint density at radius 3 is 2.52 bits per heavy atom. The molecule has 0 aliphatic carbocycles. The summed E-state index contributed by atoms with van der Waals surface area (Å²) in [5, 5.41) is 4.07. The standard InChI is InChI=1S/C18H19N3OS/c1-14-13-21(17(22)20-16-10-6-3-7-11-16)18(23-14)19-12-15-8-4-2-5-9-15/h2-11,14H,12-13H2,1H3,(H,20,22)/t14-/m0/s1. The second-order valence-electron chi connectivity index (χ2n) is 5.42. The lowest BCUT2D eigenvalue weighted by Crippen LogP contribution is -2.36. The first kappa shape index (κ1) is 15.6. The van der Waals surface area contributed by atoms with Crippen LogP contribution in [0.25, 0.3) is 0 Å². The van der Waals surface area contributed by atoms with Gasteiger partial charge in [0.05, 0.1) is 6.54 Å². The maximum absolute atomic E-state index is 12.5. The number of carbonyl (C=O) groups is 1. The van der Waals surface area contributed by atoms with E-state index in [0.29, 0.717) is 18.3 Å². The first-order valence-corrected chi connectivity index (χ1v) is 8.49. The van der Waals surface area contributed by atoms with Crippen molar-refractivity contribution in [2.75, 3.05) is 11.9 Å². The number of para-hydroxylation sites is 1. The molecule has 1 aliphatic rings. The van der Waals surface area contributed by atoms with Crippen molar-refractivity contribution < 1.29 is 4.79 Å². The van der Waals surface area contributed by atoms with Crippen LogP contribution < -0.4 is 5.32 Å². The van der Waals surface area contributed by atoms with Crippen molar-refractivity contribution in [3.05, 3.63) is 66.2 Å². The van der Waals surface area contributed by atoms with Gasteiger partial charge in [0, 0.05) is 17.5 Å². The van der Waals surface area contributed by atoms with Gasteiger partial charge in [0.2, 0.25) is 0 Å². The van der Waals surface area contributed by atoms with Crippen molar-refractivity contribution in [3.63, 3.8) is 0 Å². The lowest BCUT2D eigenvalue weighted by Gasteiger charge is -2.17. The van der Waals surface area contributed by atoms with E-state index in [4.69, 9.17) is 0 Å². The minimum Gasteiger partial charge on any atom is -0.307 e. The minimum absolute atomic E-state index is 0.125. The van der Waals surface area contributed by atoms with Crippen LogP contribution in [0.4, 0.5) is 10.5 Å². The molecule has 2 aromatic rings. The number of amides is 2. The second kappa shape index (κ2) is 7.33. The summed E-state index contributed by atoms with van der Waals surface area (Å²) in [5.41, 5.74) is 1.94. The largest absolute Gasteiger partial charge is 0.327 e. The summed E-state index contributed by atoms with van der Waals surface area (Å²) in [6.07, 6.45) is 0. The van der Waals surface area contributed by atoms with Crippen LogP contribution >= 0.6 is 11.8 Å².